The molecule has 0 radical (unpaired) electrons. The van der Waals surface area contributed by atoms with Crippen LogP contribution in [-0.4, -0.2) is 11.9 Å². The summed E-state index contributed by atoms with van der Waals surface area (Å²) in [6.07, 6.45) is -0.827. The summed E-state index contributed by atoms with van der Waals surface area (Å²) in [5, 5.41) is 11.5. The van der Waals surface area contributed by atoms with Crippen molar-refractivity contribution in [3.63, 3.8) is 0 Å². The first-order valence-corrected chi connectivity index (χ1v) is 6.78. The molecule has 0 spiro atoms. The van der Waals surface area contributed by atoms with Crippen LogP contribution in [0.25, 0.3) is 11.0 Å². The van der Waals surface area contributed by atoms with Crippen molar-refractivity contribution in [1.82, 2.24) is 0 Å². The van der Waals surface area contributed by atoms with Crippen LogP contribution in [0.4, 0.5) is 0 Å². The molecule has 1 aliphatic rings. The number of ether oxygens (including phenoxy) is 2. The molecule has 2 aromatic carbocycles. The molecule has 0 saturated heterocycles. The van der Waals surface area contributed by atoms with E-state index in [4.69, 9.17) is 13.9 Å². The Hall–Kier alpha value is -2.46. The van der Waals surface area contributed by atoms with E-state index in [0.717, 1.165) is 22.1 Å². The molecular weight excluding hydrogens is 268 g/mol. The standard InChI is InChI=1S/C17H14O4/c1-10-2-4-13-12(6-10)8-16(21-13)17(18)11-3-5-14-15(7-11)20-9-19-14/h2-8,17-18H,9H2,1H3. The maximum atomic E-state index is 10.5. The first-order chi connectivity index (χ1) is 10.2. The summed E-state index contributed by atoms with van der Waals surface area (Å²) >= 11 is 0. The molecule has 0 aliphatic carbocycles. The number of aliphatic hydroxyl groups is 1. The van der Waals surface area contributed by atoms with Crippen molar-refractivity contribution >= 4 is 11.0 Å². The predicted octanol–water partition coefficient (Wildman–Crippen LogP) is 3.55. The number of benzene rings is 2. The molecule has 1 aromatic heterocycles. The minimum atomic E-state index is -0.827. The number of hydrogen-bond donors (Lipinski definition) is 1. The zero-order valence-corrected chi connectivity index (χ0v) is 11.5. The first-order valence-electron chi connectivity index (χ1n) is 6.78. The molecule has 21 heavy (non-hydrogen) atoms. The lowest BCUT2D eigenvalue weighted by Gasteiger charge is -2.08. The fraction of sp³-hybridized carbons (Fsp3) is 0.176. The molecule has 0 amide bonds. The Bertz CT molecular complexity index is 819. The van der Waals surface area contributed by atoms with Gasteiger partial charge in [0.1, 0.15) is 17.4 Å². The average Bonchev–Trinajstić information content (AvgIpc) is 3.11. The summed E-state index contributed by atoms with van der Waals surface area (Å²) in [7, 11) is 0. The van der Waals surface area contributed by atoms with Crippen LogP contribution in [0.5, 0.6) is 11.5 Å². The Morgan fingerprint density at radius 1 is 1.00 bits per heavy atom. The molecule has 1 atom stereocenters. The van der Waals surface area contributed by atoms with E-state index in [-0.39, 0.29) is 6.79 Å². The summed E-state index contributed by atoms with van der Waals surface area (Å²) in [4.78, 5) is 0. The van der Waals surface area contributed by atoms with E-state index in [9.17, 15) is 5.11 Å². The molecule has 106 valence electrons. The van der Waals surface area contributed by atoms with Gasteiger partial charge in [0.15, 0.2) is 11.5 Å². The third-order valence-electron chi connectivity index (χ3n) is 3.67. The highest BCUT2D eigenvalue weighted by molar-refractivity contribution is 5.78. The van der Waals surface area contributed by atoms with Crippen LogP contribution in [0.15, 0.2) is 46.9 Å². The molecule has 4 rings (SSSR count). The highest BCUT2D eigenvalue weighted by atomic mass is 16.7. The lowest BCUT2D eigenvalue weighted by Crippen LogP contribution is -1.97. The Morgan fingerprint density at radius 3 is 2.76 bits per heavy atom. The second kappa shape index (κ2) is 4.53. The van der Waals surface area contributed by atoms with Crippen LogP contribution in [0.3, 0.4) is 0 Å². The fourth-order valence-electron chi connectivity index (χ4n) is 2.57. The minimum absolute atomic E-state index is 0.221. The van der Waals surface area contributed by atoms with Crippen LogP contribution in [0.2, 0.25) is 0 Å². The van der Waals surface area contributed by atoms with Gasteiger partial charge in [-0.15, -0.1) is 0 Å². The molecule has 2 heterocycles. The van der Waals surface area contributed by atoms with Gasteiger partial charge in [-0.3, -0.25) is 0 Å². The third-order valence-corrected chi connectivity index (χ3v) is 3.67. The van der Waals surface area contributed by atoms with E-state index in [0.29, 0.717) is 17.3 Å². The van der Waals surface area contributed by atoms with Gasteiger partial charge in [-0.25, -0.2) is 0 Å². The van der Waals surface area contributed by atoms with Crippen LogP contribution < -0.4 is 9.47 Å². The number of aryl methyl sites for hydroxylation is 1. The predicted molar refractivity (Wildman–Crippen MR) is 77.6 cm³/mol. The normalized spacial score (nSPS) is 14.6. The minimum Gasteiger partial charge on any atom is -0.458 e. The smallest absolute Gasteiger partial charge is 0.231 e. The van der Waals surface area contributed by atoms with Gasteiger partial charge in [0, 0.05) is 5.39 Å². The van der Waals surface area contributed by atoms with Gasteiger partial charge in [0.05, 0.1) is 0 Å². The van der Waals surface area contributed by atoms with E-state index in [1.807, 2.05) is 37.3 Å². The summed E-state index contributed by atoms with van der Waals surface area (Å²) in [5.41, 5.74) is 2.65. The van der Waals surface area contributed by atoms with Crippen LogP contribution >= 0.6 is 0 Å². The molecule has 4 nitrogen and oxygen atoms in total. The number of furan rings is 1. The summed E-state index contributed by atoms with van der Waals surface area (Å²) in [6.45, 7) is 2.25. The second-order valence-electron chi connectivity index (χ2n) is 5.21. The van der Waals surface area contributed by atoms with Gasteiger partial charge in [-0.05, 0) is 42.8 Å². The highest BCUT2D eigenvalue weighted by Gasteiger charge is 2.20. The van der Waals surface area contributed by atoms with Crippen molar-refractivity contribution in [2.24, 2.45) is 0 Å². The maximum absolute atomic E-state index is 10.5. The van der Waals surface area contributed by atoms with Crippen molar-refractivity contribution in [1.29, 1.82) is 0 Å². The van der Waals surface area contributed by atoms with Gasteiger partial charge < -0.3 is 19.0 Å². The van der Waals surface area contributed by atoms with Crippen LogP contribution in [-0.2, 0) is 0 Å². The lowest BCUT2D eigenvalue weighted by atomic mass is 10.1. The van der Waals surface area contributed by atoms with Crippen LogP contribution in [0.1, 0.15) is 23.0 Å². The molecule has 4 heteroatoms. The molecule has 1 N–H and O–H groups in total. The zero-order chi connectivity index (χ0) is 14.4. The molecule has 3 aromatic rings. The summed E-state index contributed by atoms with van der Waals surface area (Å²) < 4.78 is 16.3. The van der Waals surface area contributed by atoms with E-state index >= 15 is 0 Å². The van der Waals surface area contributed by atoms with Crippen molar-refractivity contribution in [3.05, 3.63) is 59.4 Å². The SMILES string of the molecule is Cc1ccc2oc(C(O)c3ccc4c(c3)OCO4)cc2c1. The van der Waals surface area contributed by atoms with Crippen molar-refractivity contribution < 1.29 is 19.0 Å². The van der Waals surface area contributed by atoms with Gasteiger partial charge in [-0.2, -0.15) is 0 Å². The molecule has 0 bridgehead atoms. The topological polar surface area (TPSA) is 51.8 Å². The average molecular weight is 282 g/mol. The third kappa shape index (κ3) is 2.04. The molecule has 0 saturated carbocycles. The Morgan fingerprint density at radius 2 is 1.86 bits per heavy atom. The second-order valence-corrected chi connectivity index (χ2v) is 5.21. The van der Waals surface area contributed by atoms with Gasteiger partial charge in [0.25, 0.3) is 0 Å². The largest absolute Gasteiger partial charge is 0.458 e. The Balaban J connectivity index is 1.73. The van der Waals surface area contributed by atoms with E-state index < -0.39 is 6.10 Å². The lowest BCUT2D eigenvalue weighted by molar-refractivity contribution is 0.173. The number of hydrogen-bond acceptors (Lipinski definition) is 4. The molecule has 1 aliphatic heterocycles. The summed E-state index contributed by atoms with van der Waals surface area (Å²) in [6, 6.07) is 13.2. The highest BCUT2D eigenvalue weighted by Crippen LogP contribution is 2.36. The van der Waals surface area contributed by atoms with Crippen molar-refractivity contribution in [2.75, 3.05) is 6.79 Å². The first kappa shape index (κ1) is 12.3. The Labute approximate surface area is 121 Å². The van der Waals surface area contributed by atoms with Gasteiger partial charge in [0.2, 0.25) is 6.79 Å². The number of fused-ring (bicyclic) bond motifs is 2. The van der Waals surface area contributed by atoms with E-state index in [1.165, 1.54) is 0 Å². The number of rotatable bonds is 2. The van der Waals surface area contributed by atoms with E-state index in [2.05, 4.69) is 0 Å². The van der Waals surface area contributed by atoms with Crippen molar-refractivity contribution in [3.8, 4) is 11.5 Å². The van der Waals surface area contributed by atoms with Crippen LogP contribution in [0, 0.1) is 6.92 Å². The fourth-order valence-corrected chi connectivity index (χ4v) is 2.57. The van der Waals surface area contributed by atoms with Crippen molar-refractivity contribution in [2.45, 2.75) is 13.0 Å². The summed E-state index contributed by atoms with van der Waals surface area (Å²) in [5.74, 6) is 1.87. The zero-order valence-electron chi connectivity index (χ0n) is 11.5. The van der Waals surface area contributed by atoms with E-state index in [1.54, 1.807) is 12.1 Å². The Kier molecular flexibility index (Phi) is 2.65. The molecular formula is C17H14O4. The maximum Gasteiger partial charge on any atom is 0.231 e. The number of aliphatic hydroxyl groups excluding tert-OH is 1. The molecule has 0 fully saturated rings. The monoisotopic (exact) mass is 282 g/mol. The van der Waals surface area contributed by atoms with Gasteiger partial charge >= 0.3 is 0 Å². The van der Waals surface area contributed by atoms with Gasteiger partial charge in [-0.1, -0.05) is 17.7 Å². The molecule has 1 unspecified atom stereocenters. The quantitative estimate of drug-likeness (QED) is 0.781.